The average Bonchev–Trinajstić information content (AvgIpc) is 3.22. The van der Waals surface area contributed by atoms with Gasteiger partial charge in [0.1, 0.15) is 5.82 Å². The van der Waals surface area contributed by atoms with Gasteiger partial charge in [-0.25, -0.2) is 9.78 Å². The molecule has 1 aliphatic carbocycles. The van der Waals surface area contributed by atoms with E-state index >= 15 is 0 Å². The van der Waals surface area contributed by atoms with Crippen LogP contribution >= 0.6 is 0 Å². The van der Waals surface area contributed by atoms with E-state index in [1.165, 1.54) is 0 Å². The molecule has 4 N–H and O–H groups in total. The highest BCUT2D eigenvalue weighted by Gasteiger charge is 2.29. The van der Waals surface area contributed by atoms with E-state index in [9.17, 15) is 9.59 Å². The van der Waals surface area contributed by atoms with Crippen LogP contribution in [0, 0.1) is 0 Å². The first-order valence-electron chi connectivity index (χ1n) is 9.08. The standard InChI is InChI=1S/C18H22N6O3/c1-24-9-11(8-20-24)16-15-10(7-19-17(15)25)6-14(23-16)21-12-4-2-3-5-13(12)22-18(26)27/h6,8-9,12-13,22H,2-5,7H2,1H3,(H,19,25)(H,21,23)(H,26,27). The van der Waals surface area contributed by atoms with E-state index in [1.807, 2.05) is 19.3 Å². The van der Waals surface area contributed by atoms with E-state index in [1.54, 1.807) is 10.9 Å². The zero-order valence-corrected chi connectivity index (χ0v) is 15.0. The maximum atomic E-state index is 12.3. The van der Waals surface area contributed by atoms with Gasteiger partial charge in [-0.2, -0.15) is 5.10 Å². The highest BCUT2D eigenvalue weighted by molar-refractivity contribution is 6.04. The molecule has 142 valence electrons. The third-order valence-electron chi connectivity index (χ3n) is 5.15. The van der Waals surface area contributed by atoms with Gasteiger partial charge in [0.05, 0.1) is 23.5 Å². The van der Waals surface area contributed by atoms with Gasteiger partial charge in [-0.15, -0.1) is 0 Å². The van der Waals surface area contributed by atoms with Crippen molar-refractivity contribution < 1.29 is 14.7 Å². The lowest BCUT2D eigenvalue weighted by atomic mass is 9.90. The number of hydrogen-bond donors (Lipinski definition) is 4. The fourth-order valence-electron chi connectivity index (χ4n) is 3.91. The first-order chi connectivity index (χ1) is 13.0. The molecule has 3 heterocycles. The third-order valence-corrected chi connectivity index (χ3v) is 5.15. The number of nitrogens with zero attached hydrogens (tertiary/aromatic N) is 3. The Morgan fingerprint density at radius 3 is 2.81 bits per heavy atom. The molecule has 0 spiro atoms. The Kier molecular flexibility index (Phi) is 4.43. The van der Waals surface area contributed by atoms with Crippen molar-refractivity contribution in [3.05, 3.63) is 29.6 Å². The number of carboxylic acid groups (broad SMARTS) is 1. The van der Waals surface area contributed by atoms with Crippen LogP contribution in [0.1, 0.15) is 41.6 Å². The number of amides is 2. The number of fused-ring (bicyclic) bond motifs is 1. The number of pyridine rings is 1. The lowest BCUT2D eigenvalue weighted by Crippen LogP contribution is -2.48. The molecule has 0 bridgehead atoms. The number of anilines is 1. The zero-order chi connectivity index (χ0) is 19.0. The molecule has 4 rings (SSSR count). The monoisotopic (exact) mass is 370 g/mol. The van der Waals surface area contributed by atoms with Gasteiger partial charge in [0.25, 0.3) is 5.91 Å². The summed E-state index contributed by atoms with van der Waals surface area (Å²) in [4.78, 5) is 28.0. The highest BCUT2D eigenvalue weighted by Crippen LogP contribution is 2.31. The van der Waals surface area contributed by atoms with Gasteiger partial charge in [-0.1, -0.05) is 12.8 Å². The van der Waals surface area contributed by atoms with E-state index in [-0.39, 0.29) is 18.0 Å². The van der Waals surface area contributed by atoms with E-state index in [0.717, 1.165) is 36.8 Å². The molecule has 1 saturated carbocycles. The van der Waals surface area contributed by atoms with Crippen LogP contribution in [0.15, 0.2) is 18.5 Å². The summed E-state index contributed by atoms with van der Waals surface area (Å²) >= 11 is 0. The minimum absolute atomic E-state index is 0.0350. The van der Waals surface area contributed by atoms with Crippen molar-refractivity contribution in [2.45, 2.75) is 44.3 Å². The van der Waals surface area contributed by atoms with E-state index in [0.29, 0.717) is 23.6 Å². The summed E-state index contributed by atoms with van der Waals surface area (Å²) in [6, 6.07) is 1.68. The average molecular weight is 370 g/mol. The topological polar surface area (TPSA) is 121 Å². The van der Waals surface area contributed by atoms with Crippen molar-refractivity contribution in [1.29, 1.82) is 0 Å². The first-order valence-corrected chi connectivity index (χ1v) is 9.08. The SMILES string of the molecule is Cn1cc(-c2nc(NC3CCCCC3NC(=O)O)cc3c2C(=O)NC3)cn1. The van der Waals surface area contributed by atoms with Crippen molar-refractivity contribution in [1.82, 2.24) is 25.4 Å². The Bertz CT molecular complexity index is 893. The van der Waals surface area contributed by atoms with Gasteiger partial charge in [-0.05, 0) is 24.5 Å². The summed E-state index contributed by atoms with van der Waals surface area (Å²) in [6.07, 6.45) is 6.20. The number of nitrogens with one attached hydrogen (secondary N) is 3. The van der Waals surface area contributed by atoms with Crippen LogP contribution in [0.2, 0.25) is 0 Å². The molecule has 2 amide bonds. The lowest BCUT2D eigenvalue weighted by Gasteiger charge is -2.32. The normalized spacial score (nSPS) is 21.4. The van der Waals surface area contributed by atoms with Crippen molar-refractivity contribution in [3.63, 3.8) is 0 Å². The number of aromatic nitrogens is 3. The largest absolute Gasteiger partial charge is 0.465 e. The summed E-state index contributed by atoms with van der Waals surface area (Å²) in [7, 11) is 1.82. The molecule has 0 radical (unpaired) electrons. The number of carbonyl (C=O) groups excluding carboxylic acids is 1. The van der Waals surface area contributed by atoms with E-state index in [2.05, 4.69) is 26.0 Å². The fourth-order valence-corrected chi connectivity index (χ4v) is 3.91. The first kappa shape index (κ1) is 17.3. The second-order valence-corrected chi connectivity index (χ2v) is 7.07. The molecule has 27 heavy (non-hydrogen) atoms. The Hall–Kier alpha value is -3.10. The molecule has 2 aliphatic rings. The summed E-state index contributed by atoms with van der Waals surface area (Å²) in [6.45, 7) is 0.458. The Morgan fingerprint density at radius 2 is 2.11 bits per heavy atom. The van der Waals surface area contributed by atoms with Gasteiger partial charge < -0.3 is 21.1 Å². The summed E-state index contributed by atoms with van der Waals surface area (Å²) < 4.78 is 1.67. The van der Waals surface area contributed by atoms with Crippen LogP contribution in [0.3, 0.4) is 0 Å². The number of aryl methyl sites for hydroxylation is 1. The zero-order valence-electron chi connectivity index (χ0n) is 15.0. The molecule has 1 aliphatic heterocycles. The molecule has 9 nitrogen and oxygen atoms in total. The lowest BCUT2D eigenvalue weighted by molar-refractivity contribution is 0.0966. The predicted octanol–water partition coefficient (Wildman–Crippen LogP) is 1.72. The second-order valence-electron chi connectivity index (χ2n) is 7.07. The van der Waals surface area contributed by atoms with Crippen molar-refractivity contribution in [3.8, 4) is 11.3 Å². The molecular weight excluding hydrogens is 348 g/mol. The van der Waals surface area contributed by atoms with Gasteiger partial charge in [0.15, 0.2) is 0 Å². The molecule has 9 heteroatoms. The Morgan fingerprint density at radius 1 is 1.33 bits per heavy atom. The molecule has 2 aromatic heterocycles. The molecule has 1 fully saturated rings. The second kappa shape index (κ2) is 6.90. The van der Waals surface area contributed by atoms with Gasteiger partial charge in [0.2, 0.25) is 0 Å². The maximum absolute atomic E-state index is 12.3. The third kappa shape index (κ3) is 3.44. The van der Waals surface area contributed by atoms with Gasteiger partial charge >= 0.3 is 6.09 Å². The minimum Gasteiger partial charge on any atom is -0.465 e. The number of hydrogen-bond acceptors (Lipinski definition) is 5. The minimum atomic E-state index is -1.01. The smallest absolute Gasteiger partial charge is 0.404 e. The quantitative estimate of drug-likeness (QED) is 0.650. The number of carbonyl (C=O) groups is 2. The Labute approximate surface area is 156 Å². The molecule has 2 unspecified atom stereocenters. The van der Waals surface area contributed by atoms with Crippen LogP contribution in [-0.4, -0.2) is 44.0 Å². The van der Waals surface area contributed by atoms with Gasteiger partial charge in [0, 0.05) is 31.4 Å². The molecule has 2 atom stereocenters. The maximum Gasteiger partial charge on any atom is 0.404 e. The summed E-state index contributed by atoms with van der Waals surface area (Å²) in [5.74, 6) is 0.513. The van der Waals surface area contributed by atoms with E-state index in [4.69, 9.17) is 5.11 Å². The highest BCUT2D eigenvalue weighted by atomic mass is 16.4. The van der Waals surface area contributed by atoms with E-state index < -0.39 is 6.09 Å². The Balaban J connectivity index is 1.67. The fraction of sp³-hybridized carbons (Fsp3) is 0.444. The van der Waals surface area contributed by atoms with Crippen LogP contribution < -0.4 is 16.0 Å². The predicted molar refractivity (Wildman–Crippen MR) is 98.4 cm³/mol. The van der Waals surface area contributed by atoms with Crippen LogP contribution in [0.5, 0.6) is 0 Å². The van der Waals surface area contributed by atoms with Crippen LogP contribution in [0.25, 0.3) is 11.3 Å². The van der Waals surface area contributed by atoms with Crippen molar-refractivity contribution >= 4 is 17.8 Å². The molecule has 0 saturated heterocycles. The van der Waals surface area contributed by atoms with Gasteiger partial charge in [-0.3, -0.25) is 9.48 Å². The van der Waals surface area contributed by atoms with Crippen molar-refractivity contribution in [2.75, 3.05) is 5.32 Å². The molecule has 0 aromatic carbocycles. The van der Waals surface area contributed by atoms with Crippen molar-refractivity contribution in [2.24, 2.45) is 7.05 Å². The van der Waals surface area contributed by atoms with Crippen LogP contribution in [-0.2, 0) is 13.6 Å². The van der Waals surface area contributed by atoms with Crippen LogP contribution in [0.4, 0.5) is 10.6 Å². The molecule has 2 aromatic rings. The molecular formula is C18H22N6O3. The summed E-state index contributed by atoms with van der Waals surface area (Å²) in [5.41, 5.74) is 2.84. The summed E-state index contributed by atoms with van der Waals surface area (Å²) in [5, 5.41) is 22.1. The number of rotatable bonds is 4.